The molecule has 1 aromatic rings. The van der Waals surface area contributed by atoms with Gasteiger partial charge >= 0.3 is 0 Å². The molecule has 2 rings (SSSR count). The molecule has 1 atom stereocenters. The van der Waals surface area contributed by atoms with Gasteiger partial charge in [-0.25, -0.2) is 0 Å². The van der Waals surface area contributed by atoms with Gasteiger partial charge in [-0.2, -0.15) is 0 Å². The van der Waals surface area contributed by atoms with Gasteiger partial charge in [-0.3, -0.25) is 4.99 Å². The van der Waals surface area contributed by atoms with Crippen molar-refractivity contribution in [2.45, 2.75) is 32.8 Å². The minimum absolute atomic E-state index is 0.605. The second-order valence-corrected chi connectivity index (χ2v) is 5.93. The number of nitrogens with one attached hydrogen (secondary N) is 1. The molecule has 0 radical (unpaired) electrons. The molecule has 0 aliphatic carbocycles. The van der Waals surface area contributed by atoms with Gasteiger partial charge in [0.25, 0.3) is 0 Å². The largest absolute Gasteiger partial charge is 0.376 e. The van der Waals surface area contributed by atoms with Crippen molar-refractivity contribution in [2.24, 2.45) is 10.9 Å². The highest BCUT2D eigenvalue weighted by Gasteiger charge is 2.24. The van der Waals surface area contributed by atoms with Gasteiger partial charge in [0.2, 0.25) is 0 Å². The van der Waals surface area contributed by atoms with Crippen molar-refractivity contribution in [2.75, 3.05) is 33.3 Å². The first-order chi connectivity index (χ1) is 10.8. The van der Waals surface area contributed by atoms with Gasteiger partial charge in [-0.05, 0) is 18.4 Å². The third-order valence-electron chi connectivity index (χ3n) is 4.08. The number of nitrogens with zero attached hydrogens (tertiary/aromatic N) is 2. The number of aliphatic imine (C=N–C) groups is 1. The highest BCUT2D eigenvalue weighted by atomic mass is 16.5. The molecule has 1 aliphatic rings. The van der Waals surface area contributed by atoms with E-state index >= 15 is 0 Å². The quantitative estimate of drug-likeness (QED) is 0.478. The summed E-state index contributed by atoms with van der Waals surface area (Å²) in [5.74, 6) is 1.65. The van der Waals surface area contributed by atoms with E-state index in [2.05, 4.69) is 46.4 Å². The maximum Gasteiger partial charge on any atom is 0.193 e. The second kappa shape index (κ2) is 9.46. The first-order valence-corrected chi connectivity index (χ1v) is 8.40. The lowest BCUT2D eigenvalue weighted by Gasteiger charge is -2.21. The average Bonchev–Trinajstić information content (AvgIpc) is 3.01. The summed E-state index contributed by atoms with van der Waals surface area (Å²) in [7, 11) is 1.87. The molecule has 0 aromatic heterocycles. The van der Waals surface area contributed by atoms with E-state index in [9.17, 15) is 0 Å². The summed E-state index contributed by atoms with van der Waals surface area (Å²) in [5, 5.41) is 3.45. The van der Waals surface area contributed by atoms with Crippen molar-refractivity contribution in [1.29, 1.82) is 0 Å². The van der Waals surface area contributed by atoms with E-state index in [4.69, 9.17) is 4.74 Å². The topological polar surface area (TPSA) is 36.9 Å². The Morgan fingerprint density at radius 1 is 1.36 bits per heavy atom. The molecule has 0 amide bonds. The zero-order valence-electron chi connectivity index (χ0n) is 13.9. The predicted molar refractivity (Wildman–Crippen MR) is 92.0 cm³/mol. The first kappa shape index (κ1) is 16.8. The molecule has 0 saturated carbocycles. The van der Waals surface area contributed by atoms with Crippen molar-refractivity contribution in [3.05, 3.63) is 35.9 Å². The third-order valence-corrected chi connectivity index (χ3v) is 4.08. The fraction of sp³-hybridized carbons (Fsp3) is 0.611. The number of benzene rings is 1. The minimum atomic E-state index is 0.605. The van der Waals surface area contributed by atoms with Gasteiger partial charge in [0, 0.05) is 32.6 Å². The molecule has 1 saturated heterocycles. The molecular formula is C18H29N3O. The molecule has 1 unspecified atom stereocenters. The molecule has 0 spiro atoms. The van der Waals surface area contributed by atoms with Crippen LogP contribution in [0.25, 0.3) is 0 Å². The van der Waals surface area contributed by atoms with E-state index in [0.717, 1.165) is 32.2 Å². The van der Waals surface area contributed by atoms with Crippen molar-refractivity contribution < 1.29 is 4.74 Å². The van der Waals surface area contributed by atoms with Crippen molar-refractivity contribution in [3.63, 3.8) is 0 Å². The van der Waals surface area contributed by atoms with Gasteiger partial charge in [0.15, 0.2) is 5.96 Å². The van der Waals surface area contributed by atoms with Crippen LogP contribution in [0, 0.1) is 5.92 Å². The molecule has 4 nitrogen and oxygen atoms in total. The molecule has 1 heterocycles. The summed E-state index contributed by atoms with van der Waals surface area (Å²) in [5.41, 5.74) is 1.24. The van der Waals surface area contributed by atoms with E-state index in [1.807, 2.05) is 13.1 Å². The number of likely N-dealkylation sites (tertiary alicyclic amines) is 1. The van der Waals surface area contributed by atoms with Gasteiger partial charge in [0.05, 0.1) is 13.2 Å². The van der Waals surface area contributed by atoms with Crippen LogP contribution in [-0.2, 0) is 11.3 Å². The summed E-state index contributed by atoms with van der Waals surface area (Å²) in [4.78, 5) is 6.75. The smallest absolute Gasteiger partial charge is 0.193 e. The molecular weight excluding hydrogens is 274 g/mol. The Kier molecular flexibility index (Phi) is 7.23. The molecule has 1 aliphatic heterocycles. The SMILES string of the molecule is CCCCNC(=NC)N1CCC(COCc2ccccc2)C1. The zero-order chi connectivity index (χ0) is 15.6. The number of rotatable bonds is 7. The van der Waals surface area contributed by atoms with E-state index in [1.54, 1.807) is 0 Å². The van der Waals surface area contributed by atoms with Gasteiger partial charge in [-0.1, -0.05) is 43.7 Å². The van der Waals surface area contributed by atoms with Crippen molar-refractivity contribution in [3.8, 4) is 0 Å². The second-order valence-electron chi connectivity index (χ2n) is 5.93. The monoisotopic (exact) mass is 303 g/mol. The Bertz CT molecular complexity index is 447. The Morgan fingerprint density at radius 3 is 2.91 bits per heavy atom. The van der Waals surface area contributed by atoms with Crippen LogP contribution in [0.3, 0.4) is 0 Å². The van der Waals surface area contributed by atoms with Crippen LogP contribution in [0.2, 0.25) is 0 Å². The highest BCUT2D eigenvalue weighted by Crippen LogP contribution is 2.17. The fourth-order valence-corrected chi connectivity index (χ4v) is 2.79. The number of ether oxygens (including phenoxy) is 1. The Labute approximate surface area is 134 Å². The average molecular weight is 303 g/mol. The van der Waals surface area contributed by atoms with Crippen LogP contribution in [-0.4, -0.2) is 44.1 Å². The molecule has 1 aromatic carbocycles. The lowest BCUT2D eigenvalue weighted by Crippen LogP contribution is -2.40. The molecule has 1 fully saturated rings. The molecule has 122 valence electrons. The van der Waals surface area contributed by atoms with Crippen LogP contribution >= 0.6 is 0 Å². The van der Waals surface area contributed by atoms with Crippen molar-refractivity contribution >= 4 is 5.96 Å². The van der Waals surface area contributed by atoms with E-state index in [0.29, 0.717) is 12.5 Å². The maximum atomic E-state index is 5.88. The van der Waals surface area contributed by atoms with Crippen LogP contribution in [0.1, 0.15) is 31.7 Å². The zero-order valence-corrected chi connectivity index (χ0v) is 13.9. The lowest BCUT2D eigenvalue weighted by molar-refractivity contribution is 0.0907. The lowest BCUT2D eigenvalue weighted by atomic mass is 10.1. The standard InChI is InChI=1S/C18H29N3O/c1-3-4-11-20-18(19-2)21-12-10-17(13-21)15-22-14-16-8-6-5-7-9-16/h5-9,17H,3-4,10-15H2,1-2H3,(H,19,20). The molecule has 0 bridgehead atoms. The highest BCUT2D eigenvalue weighted by molar-refractivity contribution is 5.80. The molecule has 22 heavy (non-hydrogen) atoms. The summed E-state index contributed by atoms with van der Waals surface area (Å²) in [6.45, 7) is 6.87. The summed E-state index contributed by atoms with van der Waals surface area (Å²) < 4.78 is 5.88. The van der Waals surface area contributed by atoms with E-state index in [-0.39, 0.29) is 0 Å². The fourth-order valence-electron chi connectivity index (χ4n) is 2.79. The molecule has 1 N–H and O–H groups in total. The van der Waals surface area contributed by atoms with Gasteiger partial charge in [0.1, 0.15) is 0 Å². The molecule has 4 heteroatoms. The van der Waals surface area contributed by atoms with Gasteiger partial charge < -0.3 is 15.0 Å². The van der Waals surface area contributed by atoms with Crippen LogP contribution in [0.4, 0.5) is 0 Å². The number of guanidine groups is 1. The third kappa shape index (κ3) is 5.34. The first-order valence-electron chi connectivity index (χ1n) is 8.40. The van der Waals surface area contributed by atoms with Crippen LogP contribution < -0.4 is 5.32 Å². The summed E-state index contributed by atoms with van der Waals surface area (Å²) in [6, 6.07) is 10.4. The maximum absolute atomic E-state index is 5.88. The van der Waals surface area contributed by atoms with E-state index in [1.165, 1.54) is 24.8 Å². The summed E-state index contributed by atoms with van der Waals surface area (Å²) >= 11 is 0. The Balaban J connectivity index is 1.68. The minimum Gasteiger partial charge on any atom is -0.376 e. The Morgan fingerprint density at radius 2 is 2.18 bits per heavy atom. The summed E-state index contributed by atoms with van der Waals surface area (Å²) in [6.07, 6.45) is 3.58. The van der Waals surface area contributed by atoms with Gasteiger partial charge in [-0.15, -0.1) is 0 Å². The predicted octanol–water partition coefficient (Wildman–Crippen LogP) is 2.90. The number of hydrogen-bond acceptors (Lipinski definition) is 2. The van der Waals surface area contributed by atoms with E-state index < -0.39 is 0 Å². The Hall–Kier alpha value is -1.55. The number of unbranched alkanes of at least 4 members (excludes halogenated alkanes) is 1. The van der Waals surface area contributed by atoms with Crippen molar-refractivity contribution in [1.82, 2.24) is 10.2 Å². The number of hydrogen-bond donors (Lipinski definition) is 1. The normalized spacial score (nSPS) is 18.7. The van der Waals surface area contributed by atoms with Crippen LogP contribution in [0.5, 0.6) is 0 Å². The van der Waals surface area contributed by atoms with Crippen LogP contribution in [0.15, 0.2) is 35.3 Å².